The van der Waals surface area contributed by atoms with Gasteiger partial charge in [0.15, 0.2) is 6.10 Å². The first-order valence-corrected chi connectivity index (χ1v) is 18.5. The summed E-state index contributed by atoms with van der Waals surface area (Å²) in [6.45, 7) is 6.93. The summed E-state index contributed by atoms with van der Waals surface area (Å²) in [5.74, 6) is -3.10. The van der Waals surface area contributed by atoms with Crippen molar-refractivity contribution >= 4 is 17.8 Å². The van der Waals surface area contributed by atoms with Crippen LogP contribution in [0.25, 0.3) is 0 Å². The molecule has 2 unspecified atom stereocenters. The number of carbonyl (C=O) groups is 3. The molecule has 2 saturated carbocycles. The van der Waals surface area contributed by atoms with E-state index in [0.29, 0.717) is 36.0 Å². The maximum Gasteiger partial charge on any atom is 0.338 e. The summed E-state index contributed by atoms with van der Waals surface area (Å²) in [4.78, 5) is 41.2. The number of esters is 2. The van der Waals surface area contributed by atoms with Gasteiger partial charge in [0, 0.05) is 35.8 Å². The maximum atomic E-state index is 14.1. The third-order valence-corrected chi connectivity index (χ3v) is 12.4. The summed E-state index contributed by atoms with van der Waals surface area (Å²) in [5.41, 5.74) is -2.75. The maximum absolute atomic E-state index is 14.1. The number of carbonyl (C=O) groups excluding carboxylic acids is 3. The summed E-state index contributed by atoms with van der Waals surface area (Å²) < 4.78 is 18.4. The van der Waals surface area contributed by atoms with Gasteiger partial charge in [-0.25, -0.2) is 9.59 Å². The van der Waals surface area contributed by atoms with Crippen molar-refractivity contribution < 1.29 is 49.0 Å². The number of ether oxygens (including phenoxy) is 3. The fourth-order valence-corrected chi connectivity index (χ4v) is 9.31. The van der Waals surface area contributed by atoms with Gasteiger partial charge in [0.25, 0.3) is 5.91 Å². The first kappa shape index (κ1) is 39.3. The molecule has 0 aliphatic heterocycles. The van der Waals surface area contributed by atoms with Crippen LogP contribution in [0.2, 0.25) is 0 Å². The Hall–Kier alpha value is -4.39. The molecule has 5 N–H and O–H groups in total. The molecule has 11 nitrogen and oxygen atoms in total. The van der Waals surface area contributed by atoms with Gasteiger partial charge in [-0.15, -0.1) is 0 Å². The Kier molecular flexibility index (Phi) is 11.2. The lowest BCUT2D eigenvalue weighted by molar-refractivity contribution is -0.251. The molecule has 0 heterocycles. The fourth-order valence-electron chi connectivity index (χ4n) is 9.31. The molecule has 6 rings (SSSR count). The smallest absolute Gasteiger partial charge is 0.338 e. The molecule has 288 valence electrons. The third kappa shape index (κ3) is 6.88. The molecule has 54 heavy (non-hydrogen) atoms. The topological polar surface area (TPSA) is 172 Å². The number of aliphatic hydroxyl groups is 4. The Labute approximate surface area is 316 Å². The van der Waals surface area contributed by atoms with Gasteiger partial charge in [0.1, 0.15) is 23.9 Å². The zero-order valence-electron chi connectivity index (χ0n) is 31.3. The largest absolute Gasteiger partial charge is 0.456 e. The number of aliphatic hydroxyl groups excluding tert-OH is 3. The van der Waals surface area contributed by atoms with Crippen molar-refractivity contribution in [2.75, 3.05) is 7.11 Å². The van der Waals surface area contributed by atoms with Crippen LogP contribution in [0.5, 0.6) is 0 Å². The number of nitrogens with one attached hydrogen (secondary N) is 1. The minimum Gasteiger partial charge on any atom is -0.456 e. The summed E-state index contributed by atoms with van der Waals surface area (Å²) >= 11 is 0. The molecule has 2 bridgehead atoms. The van der Waals surface area contributed by atoms with Crippen molar-refractivity contribution in [2.24, 2.45) is 16.7 Å². The van der Waals surface area contributed by atoms with E-state index in [-0.39, 0.29) is 17.6 Å². The van der Waals surface area contributed by atoms with Crippen LogP contribution in [0.15, 0.2) is 102 Å². The summed E-state index contributed by atoms with van der Waals surface area (Å²) in [6.07, 6.45) is -6.52. The van der Waals surface area contributed by atoms with E-state index >= 15 is 0 Å². The molecule has 0 aromatic heterocycles. The normalized spacial score (nSPS) is 31.5. The third-order valence-electron chi connectivity index (χ3n) is 12.4. The van der Waals surface area contributed by atoms with Gasteiger partial charge >= 0.3 is 11.9 Å². The number of amides is 1. The number of benzene rings is 3. The van der Waals surface area contributed by atoms with Crippen LogP contribution in [-0.2, 0) is 19.0 Å². The SMILES string of the molecule is COC1CCC[C@]2(C)C1[C@H](OC(=O)c1ccccc1)[C@]1(O)C[C@H](OC(=O)[C@H](O)[C@@H](NC(=O)c3ccccc3)c3ccccc3)C(C)=C([C@@H](O)[C@@H]2O)C1(C)C. The van der Waals surface area contributed by atoms with Crippen LogP contribution in [0.4, 0.5) is 0 Å². The van der Waals surface area contributed by atoms with Crippen molar-refractivity contribution in [3.8, 4) is 0 Å². The molecular weight excluding hydrogens is 690 g/mol. The first-order chi connectivity index (χ1) is 25.7. The molecule has 3 aliphatic carbocycles. The molecule has 11 heteroatoms. The van der Waals surface area contributed by atoms with Crippen LogP contribution in [0.3, 0.4) is 0 Å². The van der Waals surface area contributed by atoms with Gasteiger partial charge < -0.3 is 40.0 Å². The van der Waals surface area contributed by atoms with E-state index in [1.54, 1.807) is 112 Å². The molecule has 10 atom stereocenters. The zero-order chi connectivity index (χ0) is 39.0. The predicted molar refractivity (Wildman–Crippen MR) is 199 cm³/mol. The van der Waals surface area contributed by atoms with Crippen LogP contribution >= 0.6 is 0 Å². The molecule has 3 aliphatic rings. The number of hydrogen-bond donors (Lipinski definition) is 5. The highest BCUT2D eigenvalue weighted by Crippen LogP contribution is 2.61. The van der Waals surface area contributed by atoms with Crippen molar-refractivity contribution in [3.63, 3.8) is 0 Å². The average molecular weight is 742 g/mol. The van der Waals surface area contributed by atoms with Gasteiger partial charge in [-0.05, 0) is 60.7 Å². The summed E-state index contributed by atoms with van der Waals surface area (Å²) in [7, 11) is 1.53. The van der Waals surface area contributed by atoms with Gasteiger partial charge in [0.05, 0.1) is 23.8 Å². The lowest BCUT2D eigenvalue weighted by atomic mass is 9.48. The first-order valence-electron chi connectivity index (χ1n) is 18.5. The van der Waals surface area contributed by atoms with Gasteiger partial charge in [0.2, 0.25) is 0 Å². The van der Waals surface area contributed by atoms with Crippen molar-refractivity contribution in [1.82, 2.24) is 5.32 Å². The Morgan fingerprint density at radius 3 is 2.02 bits per heavy atom. The minimum atomic E-state index is -2.00. The van der Waals surface area contributed by atoms with Crippen molar-refractivity contribution in [3.05, 3.63) is 119 Å². The lowest BCUT2D eigenvalue weighted by Crippen LogP contribution is -2.71. The highest BCUT2D eigenvalue weighted by Gasteiger charge is 2.68. The Bertz CT molecular complexity index is 1850. The second-order valence-electron chi connectivity index (χ2n) is 15.7. The molecule has 3 aromatic carbocycles. The minimum absolute atomic E-state index is 0.244. The van der Waals surface area contributed by atoms with Gasteiger partial charge in [-0.2, -0.15) is 0 Å². The standard InChI is InChI=1S/C43H51NO10/c1-25-30(53-40(50)35(46)33(26-16-9-6-10-17-26)44-38(48)27-18-11-7-12-19-27)24-43(51)37(54-39(49)28-20-13-8-14-21-28)32-29(52-5)22-15-23-42(32,4)36(47)34(45)31(25)41(43,2)3/h6-14,16-21,29-30,32-37,45-47,51H,15,22-24H2,1-5H3,(H,44,48)/t29?,30-,32?,33-,34+,35+,36-,37-,42+,43+/m0/s1. The average Bonchev–Trinajstić information content (AvgIpc) is 3.18. The van der Waals surface area contributed by atoms with Crippen LogP contribution in [0.1, 0.15) is 85.7 Å². The monoisotopic (exact) mass is 741 g/mol. The Morgan fingerprint density at radius 2 is 1.43 bits per heavy atom. The molecule has 2 fully saturated rings. The zero-order valence-corrected chi connectivity index (χ0v) is 31.3. The van der Waals surface area contributed by atoms with E-state index in [2.05, 4.69) is 5.32 Å². The van der Waals surface area contributed by atoms with Crippen LogP contribution in [-0.4, -0.2) is 87.6 Å². The predicted octanol–water partition coefficient (Wildman–Crippen LogP) is 4.69. The van der Waals surface area contributed by atoms with E-state index < -0.39 is 82.9 Å². The van der Waals surface area contributed by atoms with Crippen LogP contribution in [0, 0.1) is 16.7 Å². The molecule has 0 saturated heterocycles. The molecule has 0 radical (unpaired) electrons. The molecule has 1 amide bonds. The highest BCUT2D eigenvalue weighted by atomic mass is 16.6. The van der Waals surface area contributed by atoms with Crippen LogP contribution < -0.4 is 5.32 Å². The number of methoxy groups -OCH3 is 1. The Morgan fingerprint density at radius 1 is 0.852 bits per heavy atom. The van der Waals surface area contributed by atoms with E-state index in [1.165, 1.54) is 7.11 Å². The second-order valence-corrected chi connectivity index (χ2v) is 15.7. The quantitative estimate of drug-likeness (QED) is 0.153. The number of rotatable bonds is 9. The van der Waals surface area contributed by atoms with E-state index in [0.717, 1.165) is 0 Å². The summed E-state index contributed by atoms with van der Waals surface area (Å²) in [6, 6.07) is 24.1. The number of hydrogen-bond acceptors (Lipinski definition) is 10. The van der Waals surface area contributed by atoms with E-state index in [1.807, 2.05) is 6.92 Å². The highest BCUT2D eigenvalue weighted by molar-refractivity contribution is 5.95. The molecule has 0 spiro atoms. The molecular formula is C43H51NO10. The number of fused-ring (bicyclic) bond motifs is 3. The lowest BCUT2D eigenvalue weighted by Gasteiger charge is -2.62. The summed E-state index contributed by atoms with van der Waals surface area (Å²) in [5, 5.41) is 51.9. The van der Waals surface area contributed by atoms with Gasteiger partial charge in [-0.1, -0.05) is 93.9 Å². The van der Waals surface area contributed by atoms with Gasteiger partial charge in [-0.3, -0.25) is 4.79 Å². The van der Waals surface area contributed by atoms with Crippen molar-refractivity contribution in [1.29, 1.82) is 0 Å². The fraction of sp³-hybridized carbons (Fsp3) is 0.465. The molecule has 3 aromatic rings. The van der Waals surface area contributed by atoms with E-state index in [4.69, 9.17) is 14.2 Å². The second kappa shape index (κ2) is 15.4. The van der Waals surface area contributed by atoms with Crippen molar-refractivity contribution in [2.45, 2.75) is 102 Å². The Balaban J connectivity index is 1.41. The van der Waals surface area contributed by atoms with E-state index in [9.17, 15) is 34.8 Å².